The molecule has 0 aromatic heterocycles. The van der Waals surface area contributed by atoms with Crippen LogP contribution in [0.25, 0.3) is 0 Å². The Morgan fingerprint density at radius 3 is 2.80 bits per heavy atom. The molecule has 20 heavy (non-hydrogen) atoms. The fourth-order valence-corrected chi connectivity index (χ4v) is 2.29. The molecule has 0 fully saturated rings. The number of hydrogen-bond acceptors (Lipinski definition) is 3. The van der Waals surface area contributed by atoms with Gasteiger partial charge in [0.2, 0.25) is 5.91 Å². The van der Waals surface area contributed by atoms with E-state index < -0.39 is 0 Å². The van der Waals surface area contributed by atoms with E-state index in [1.807, 2.05) is 13.0 Å². The fraction of sp³-hybridized carbons (Fsp3) is 0.500. The molecular formula is C14H20Cl2N2O2. The Bertz CT molecular complexity index is 441. The molecule has 1 unspecified atom stereocenters. The van der Waals surface area contributed by atoms with Crippen LogP contribution in [-0.4, -0.2) is 32.7 Å². The van der Waals surface area contributed by atoms with Crippen molar-refractivity contribution in [2.24, 2.45) is 0 Å². The molecule has 112 valence electrons. The molecule has 0 aliphatic carbocycles. The monoisotopic (exact) mass is 318 g/mol. The number of rotatable bonds is 8. The van der Waals surface area contributed by atoms with E-state index in [0.29, 0.717) is 23.2 Å². The van der Waals surface area contributed by atoms with E-state index in [0.717, 1.165) is 12.0 Å². The molecule has 1 amide bonds. The van der Waals surface area contributed by atoms with Crippen LogP contribution in [-0.2, 0) is 9.53 Å². The van der Waals surface area contributed by atoms with Crippen molar-refractivity contribution in [3.05, 3.63) is 33.8 Å². The lowest BCUT2D eigenvalue weighted by Gasteiger charge is -2.15. The molecule has 0 radical (unpaired) electrons. The van der Waals surface area contributed by atoms with Gasteiger partial charge in [0.05, 0.1) is 6.54 Å². The zero-order valence-electron chi connectivity index (χ0n) is 11.7. The molecule has 0 saturated heterocycles. The molecule has 1 atom stereocenters. The van der Waals surface area contributed by atoms with Crippen molar-refractivity contribution < 1.29 is 9.53 Å². The first-order valence-corrected chi connectivity index (χ1v) is 7.24. The van der Waals surface area contributed by atoms with E-state index >= 15 is 0 Å². The molecule has 6 heteroatoms. The van der Waals surface area contributed by atoms with Crippen LogP contribution < -0.4 is 10.6 Å². The van der Waals surface area contributed by atoms with Crippen molar-refractivity contribution in [1.82, 2.24) is 10.6 Å². The number of nitrogens with one attached hydrogen (secondary N) is 2. The average Bonchev–Trinajstić information content (AvgIpc) is 2.41. The largest absolute Gasteiger partial charge is 0.385 e. The van der Waals surface area contributed by atoms with Gasteiger partial charge in [0.15, 0.2) is 0 Å². The van der Waals surface area contributed by atoms with Crippen LogP contribution in [0.5, 0.6) is 0 Å². The van der Waals surface area contributed by atoms with E-state index in [9.17, 15) is 4.79 Å². The second-order valence-corrected chi connectivity index (χ2v) is 5.31. The number of methoxy groups -OCH3 is 1. The second kappa shape index (κ2) is 9.19. The maximum absolute atomic E-state index is 11.6. The number of carbonyl (C=O) groups excluding carboxylic acids is 1. The smallest absolute Gasteiger partial charge is 0.233 e. The van der Waals surface area contributed by atoms with Gasteiger partial charge in [-0.05, 0) is 31.0 Å². The lowest BCUT2D eigenvalue weighted by Crippen LogP contribution is -2.35. The highest BCUT2D eigenvalue weighted by Crippen LogP contribution is 2.25. The minimum absolute atomic E-state index is 0.0236. The molecule has 1 aromatic rings. The summed E-state index contributed by atoms with van der Waals surface area (Å²) in [5.41, 5.74) is 0.920. The van der Waals surface area contributed by atoms with E-state index in [1.165, 1.54) is 0 Å². The van der Waals surface area contributed by atoms with Gasteiger partial charge in [-0.3, -0.25) is 4.79 Å². The van der Waals surface area contributed by atoms with Crippen LogP contribution in [0.15, 0.2) is 18.2 Å². The Kier molecular flexibility index (Phi) is 7.92. The first-order valence-electron chi connectivity index (χ1n) is 6.48. The van der Waals surface area contributed by atoms with Gasteiger partial charge < -0.3 is 15.4 Å². The zero-order valence-corrected chi connectivity index (χ0v) is 13.2. The molecule has 4 nitrogen and oxygen atoms in total. The molecule has 2 N–H and O–H groups in total. The number of amides is 1. The molecule has 0 saturated carbocycles. The third kappa shape index (κ3) is 6.09. The first kappa shape index (κ1) is 17.2. The van der Waals surface area contributed by atoms with Gasteiger partial charge in [0, 0.05) is 36.3 Å². The topological polar surface area (TPSA) is 50.4 Å². The molecule has 0 bridgehead atoms. The van der Waals surface area contributed by atoms with Crippen molar-refractivity contribution in [3.63, 3.8) is 0 Å². The molecule has 0 heterocycles. The SMILES string of the molecule is COCCCNC(=O)CNC(C)c1ccc(Cl)cc1Cl. The predicted molar refractivity (Wildman–Crippen MR) is 82.4 cm³/mol. The zero-order chi connectivity index (χ0) is 15.0. The maximum atomic E-state index is 11.6. The lowest BCUT2D eigenvalue weighted by atomic mass is 10.1. The van der Waals surface area contributed by atoms with Gasteiger partial charge in [-0.1, -0.05) is 29.3 Å². The molecular weight excluding hydrogens is 299 g/mol. The molecule has 1 aromatic carbocycles. The number of ether oxygens (including phenoxy) is 1. The molecule has 0 aliphatic rings. The Morgan fingerprint density at radius 2 is 2.15 bits per heavy atom. The van der Waals surface area contributed by atoms with Crippen LogP contribution in [0.2, 0.25) is 10.0 Å². The molecule has 0 aliphatic heterocycles. The number of carbonyl (C=O) groups is 1. The van der Waals surface area contributed by atoms with Gasteiger partial charge in [0.1, 0.15) is 0 Å². The minimum atomic E-state index is -0.0435. The van der Waals surface area contributed by atoms with Crippen LogP contribution in [0, 0.1) is 0 Å². The van der Waals surface area contributed by atoms with E-state index in [-0.39, 0.29) is 18.5 Å². The second-order valence-electron chi connectivity index (χ2n) is 4.46. The molecule has 1 rings (SSSR count). The summed E-state index contributed by atoms with van der Waals surface area (Å²) in [6, 6.07) is 5.32. The summed E-state index contributed by atoms with van der Waals surface area (Å²) >= 11 is 12.0. The van der Waals surface area contributed by atoms with Gasteiger partial charge in [-0.25, -0.2) is 0 Å². The van der Waals surface area contributed by atoms with E-state index in [4.69, 9.17) is 27.9 Å². The predicted octanol–water partition coefficient (Wildman–Crippen LogP) is 2.80. The van der Waals surface area contributed by atoms with E-state index in [1.54, 1.807) is 19.2 Å². The highest BCUT2D eigenvalue weighted by Gasteiger charge is 2.11. The highest BCUT2D eigenvalue weighted by molar-refractivity contribution is 6.35. The Balaban J connectivity index is 2.35. The Hall–Kier alpha value is -0.810. The number of benzene rings is 1. The highest BCUT2D eigenvalue weighted by atomic mass is 35.5. The fourth-order valence-electron chi connectivity index (χ4n) is 1.72. The number of halogens is 2. The van der Waals surface area contributed by atoms with Crippen molar-refractivity contribution in [2.45, 2.75) is 19.4 Å². The van der Waals surface area contributed by atoms with Crippen LogP contribution in [0.3, 0.4) is 0 Å². The van der Waals surface area contributed by atoms with Crippen molar-refractivity contribution in [1.29, 1.82) is 0 Å². The summed E-state index contributed by atoms with van der Waals surface area (Å²) in [7, 11) is 1.64. The standard InChI is InChI=1S/C14H20Cl2N2O2/c1-10(12-5-4-11(15)8-13(12)16)18-9-14(19)17-6-3-7-20-2/h4-5,8,10,18H,3,6-7,9H2,1-2H3,(H,17,19). The van der Waals surface area contributed by atoms with Crippen LogP contribution in [0.1, 0.15) is 24.9 Å². The first-order chi connectivity index (χ1) is 9.54. The maximum Gasteiger partial charge on any atom is 0.233 e. The van der Waals surface area contributed by atoms with Gasteiger partial charge in [-0.15, -0.1) is 0 Å². The Morgan fingerprint density at radius 1 is 1.40 bits per heavy atom. The molecule has 0 spiro atoms. The van der Waals surface area contributed by atoms with Gasteiger partial charge in [-0.2, -0.15) is 0 Å². The van der Waals surface area contributed by atoms with Gasteiger partial charge >= 0.3 is 0 Å². The van der Waals surface area contributed by atoms with Crippen molar-refractivity contribution >= 4 is 29.1 Å². The third-order valence-corrected chi connectivity index (χ3v) is 3.41. The van der Waals surface area contributed by atoms with Gasteiger partial charge in [0.25, 0.3) is 0 Å². The minimum Gasteiger partial charge on any atom is -0.385 e. The van der Waals surface area contributed by atoms with Crippen molar-refractivity contribution in [3.8, 4) is 0 Å². The Labute approximate surface area is 129 Å². The quantitative estimate of drug-likeness (QED) is 0.725. The van der Waals surface area contributed by atoms with E-state index in [2.05, 4.69) is 10.6 Å². The summed E-state index contributed by atoms with van der Waals surface area (Å²) in [6.45, 7) is 3.45. The summed E-state index contributed by atoms with van der Waals surface area (Å²) in [5.74, 6) is -0.0435. The average molecular weight is 319 g/mol. The summed E-state index contributed by atoms with van der Waals surface area (Å²) < 4.78 is 4.91. The van der Waals surface area contributed by atoms with Crippen LogP contribution in [0.4, 0.5) is 0 Å². The normalized spacial score (nSPS) is 12.2. The number of hydrogen-bond donors (Lipinski definition) is 2. The van der Waals surface area contributed by atoms with Crippen molar-refractivity contribution in [2.75, 3.05) is 26.8 Å². The summed E-state index contributed by atoms with van der Waals surface area (Å²) in [5, 5.41) is 7.14. The lowest BCUT2D eigenvalue weighted by molar-refractivity contribution is -0.120. The summed E-state index contributed by atoms with van der Waals surface area (Å²) in [4.78, 5) is 11.6. The summed E-state index contributed by atoms with van der Waals surface area (Å²) in [6.07, 6.45) is 0.806. The van der Waals surface area contributed by atoms with Crippen LogP contribution >= 0.6 is 23.2 Å². The third-order valence-electron chi connectivity index (χ3n) is 2.85.